The third-order valence-electron chi connectivity index (χ3n) is 7.14. The van der Waals surface area contributed by atoms with Crippen molar-refractivity contribution in [3.8, 4) is 5.69 Å². The summed E-state index contributed by atoms with van der Waals surface area (Å²) in [4.78, 5) is 24.4. The molecule has 0 radical (unpaired) electrons. The molecular formula is C28H27N5O. The van der Waals surface area contributed by atoms with Gasteiger partial charge in [0.15, 0.2) is 0 Å². The van der Waals surface area contributed by atoms with Gasteiger partial charge in [0.1, 0.15) is 0 Å². The minimum Gasteiger partial charge on any atom is -0.357 e. The zero-order valence-corrected chi connectivity index (χ0v) is 19.4. The summed E-state index contributed by atoms with van der Waals surface area (Å²) in [6, 6.07) is 24.3. The molecule has 1 aliphatic heterocycles. The first-order valence-corrected chi connectivity index (χ1v) is 11.7. The van der Waals surface area contributed by atoms with Crippen LogP contribution in [0.1, 0.15) is 34.3 Å². The maximum Gasteiger partial charge on any atom is 0.276 e. The molecule has 0 saturated carbocycles. The van der Waals surface area contributed by atoms with E-state index in [1.165, 1.54) is 16.6 Å². The summed E-state index contributed by atoms with van der Waals surface area (Å²) in [5, 5.41) is 1.28. The van der Waals surface area contributed by atoms with E-state index in [1.807, 2.05) is 67.3 Å². The van der Waals surface area contributed by atoms with Crippen LogP contribution in [0.3, 0.4) is 0 Å². The van der Waals surface area contributed by atoms with Crippen LogP contribution in [0.25, 0.3) is 16.6 Å². The number of para-hydroxylation sites is 2. The summed E-state index contributed by atoms with van der Waals surface area (Å²) in [6.07, 6.45) is 2.78. The average molecular weight is 450 g/mol. The Hall–Kier alpha value is -3.90. The van der Waals surface area contributed by atoms with Crippen LogP contribution in [-0.2, 0) is 20.0 Å². The molecule has 0 spiro atoms. The van der Waals surface area contributed by atoms with Crippen molar-refractivity contribution in [1.29, 1.82) is 0 Å². The predicted molar refractivity (Wildman–Crippen MR) is 134 cm³/mol. The fraction of sp³-hybridized carbons (Fsp3) is 0.214. The van der Waals surface area contributed by atoms with E-state index in [4.69, 9.17) is 4.98 Å². The Morgan fingerprint density at radius 1 is 1.00 bits per heavy atom. The second kappa shape index (κ2) is 8.15. The van der Waals surface area contributed by atoms with Crippen LogP contribution in [0.2, 0.25) is 0 Å². The summed E-state index contributed by atoms with van der Waals surface area (Å²) in [7, 11) is 1.95. The summed E-state index contributed by atoms with van der Waals surface area (Å²) >= 11 is 0. The number of fused-ring (bicyclic) bond motifs is 3. The van der Waals surface area contributed by atoms with Crippen LogP contribution in [-0.4, -0.2) is 30.8 Å². The number of rotatable bonds is 4. The Labute approximate surface area is 198 Å². The summed E-state index contributed by atoms with van der Waals surface area (Å²) < 4.78 is 3.72. The number of hydrogen-bond acceptors (Lipinski definition) is 3. The van der Waals surface area contributed by atoms with Crippen molar-refractivity contribution in [1.82, 2.24) is 24.2 Å². The van der Waals surface area contributed by atoms with Crippen LogP contribution in [0.5, 0.6) is 0 Å². The van der Waals surface area contributed by atoms with E-state index in [9.17, 15) is 4.79 Å². The number of H-pyrrole nitrogens is 1. The molecular weight excluding hydrogens is 422 g/mol. The lowest BCUT2D eigenvalue weighted by Gasteiger charge is -2.35. The van der Waals surface area contributed by atoms with Crippen molar-refractivity contribution in [2.45, 2.75) is 25.9 Å². The minimum atomic E-state index is -0.0402. The highest BCUT2D eigenvalue weighted by molar-refractivity contribution is 5.85. The molecule has 0 saturated heterocycles. The Balaban J connectivity index is 1.46. The van der Waals surface area contributed by atoms with Crippen molar-refractivity contribution in [2.24, 2.45) is 7.05 Å². The van der Waals surface area contributed by atoms with Crippen molar-refractivity contribution in [2.75, 3.05) is 6.54 Å². The van der Waals surface area contributed by atoms with Crippen molar-refractivity contribution < 1.29 is 0 Å². The lowest BCUT2D eigenvalue weighted by atomic mass is 9.94. The van der Waals surface area contributed by atoms with Gasteiger partial charge in [-0.1, -0.05) is 42.5 Å². The van der Waals surface area contributed by atoms with Crippen LogP contribution >= 0.6 is 0 Å². The number of nitrogens with zero attached hydrogens (tertiary/aromatic N) is 4. The van der Waals surface area contributed by atoms with Crippen LogP contribution in [0.4, 0.5) is 0 Å². The number of hydrogen-bond donors (Lipinski definition) is 1. The summed E-state index contributed by atoms with van der Waals surface area (Å²) in [6.45, 7) is 3.45. The molecule has 2 aromatic carbocycles. The lowest BCUT2D eigenvalue weighted by Crippen LogP contribution is -2.37. The molecule has 4 heterocycles. The van der Waals surface area contributed by atoms with E-state index in [0.717, 1.165) is 41.1 Å². The standard InChI is InChI=1S/C28H27N5O/c1-19-23(28(34)33(31(19)2)20-10-4-3-5-11-20)18-32-17-15-22-21-12-6-7-13-24(21)30-26(22)27(32)25-14-8-9-16-29-25/h3-14,16,27,30H,15,17-18H2,1-2H3/t27-/m0/s1. The van der Waals surface area contributed by atoms with Crippen molar-refractivity contribution in [3.63, 3.8) is 0 Å². The van der Waals surface area contributed by atoms with Gasteiger partial charge in [0.25, 0.3) is 5.56 Å². The second-order valence-corrected chi connectivity index (χ2v) is 8.98. The Morgan fingerprint density at radius 3 is 2.56 bits per heavy atom. The highest BCUT2D eigenvalue weighted by Crippen LogP contribution is 2.38. The molecule has 0 aliphatic carbocycles. The fourth-order valence-corrected chi connectivity index (χ4v) is 5.34. The van der Waals surface area contributed by atoms with E-state index < -0.39 is 0 Å². The first-order chi connectivity index (χ1) is 16.6. The van der Waals surface area contributed by atoms with Gasteiger partial charge in [0, 0.05) is 48.6 Å². The number of nitrogens with one attached hydrogen (secondary N) is 1. The van der Waals surface area contributed by atoms with Crippen LogP contribution in [0, 0.1) is 6.92 Å². The Morgan fingerprint density at radius 2 is 1.76 bits per heavy atom. The fourth-order valence-electron chi connectivity index (χ4n) is 5.34. The van der Waals surface area contributed by atoms with E-state index in [1.54, 1.807) is 4.68 Å². The zero-order chi connectivity index (χ0) is 23.2. The van der Waals surface area contributed by atoms with Gasteiger partial charge >= 0.3 is 0 Å². The van der Waals surface area contributed by atoms with Gasteiger partial charge in [0.2, 0.25) is 0 Å². The molecule has 1 atom stereocenters. The molecule has 34 heavy (non-hydrogen) atoms. The molecule has 1 N–H and O–H groups in total. The molecule has 6 rings (SSSR count). The first-order valence-electron chi connectivity index (χ1n) is 11.7. The third kappa shape index (κ3) is 3.22. The molecule has 5 aromatic rings. The molecule has 0 fully saturated rings. The van der Waals surface area contributed by atoms with Gasteiger partial charge in [0.05, 0.1) is 23.0 Å². The molecule has 0 bridgehead atoms. The average Bonchev–Trinajstić information content (AvgIpc) is 3.35. The number of benzene rings is 2. The number of pyridine rings is 1. The first kappa shape index (κ1) is 20.7. The molecule has 3 aromatic heterocycles. The van der Waals surface area contributed by atoms with Gasteiger partial charge in [-0.15, -0.1) is 0 Å². The highest BCUT2D eigenvalue weighted by atomic mass is 16.1. The monoisotopic (exact) mass is 449 g/mol. The minimum absolute atomic E-state index is 0.0356. The third-order valence-corrected chi connectivity index (χ3v) is 7.14. The highest BCUT2D eigenvalue weighted by Gasteiger charge is 2.33. The molecule has 1 aliphatic rings. The van der Waals surface area contributed by atoms with Gasteiger partial charge in [-0.25, -0.2) is 4.68 Å². The predicted octanol–water partition coefficient (Wildman–Crippen LogP) is 4.51. The summed E-state index contributed by atoms with van der Waals surface area (Å²) in [5.41, 5.74) is 7.40. The van der Waals surface area contributed by atoms with E-state index >= 15 is 0 Å². The molecule has 0 unspecified atom stereocenters. The van der Waals surface area contributed by atoms with E-state index in [-0.39, 0.29) is 11.6 Å². The summed E-state index contributed by atoms with van der Waals surface area (Å²) in [5.74, 6) is 0. The van der Waals surface area contributed by atoms with Crippen LogP contribution < -0.4 is 5.56 Å². The zero-order valence-electron chi connectivity index (χ0n) is 19.4. The normalized spacial score (nSPS) is 16.1. The Kier molecular flexibility index (Phi) is 4.96. The van der Waals surface area contributed by atoms with Crippen molar-refractivity contribution in [3.05, 3.63) is 118 Å². The molecule has 0 amide bonds. The van der Waals surface area contributed by atoms with E-state index in [2.05, 4.69) is 40.2 Å². The van der Waals surface area contributed by atoms with Gasteiger partial charge in [-0.2, -0.15) is 0 Å². The quantitative estimate of drug-likeness (QED) is 0.439. The van der Waals surface area contributed by atoms with Gasteiger partial charge in [-0.05, 0) is 49.2 Å². The number of aromatic amines is 1. The van der Waals surface area contributed by atoms with Gasteiger partial charge in [-0.3, -0.25) is 19.4 Å². The van der Waals surface area contributed by atoms with E-state index in [0.29, 0.717) is 6.54 Å². The maximum atomic E-state index is 13.6. The number of aromatic nitrogens is 4. The largest absolute Gasteiger partial charge is 0.357 e. The molecule has 6 heteroatoms. The maximum absolute atomic E-state index is 13.6. The topological polar surface area (TPSA) is 58.9 Å². The van der Waals surface area contributed by atoms with Gasteiger partial charge < -0.3 is 4.98 Å². The molecule has 170 valence electrons. The molecule has 6 nitrogen and oxygen atoms in total. The van der Waals surface area contributed by atoms with Crippen molar-refractivity contribution >= 4 is 10.9 Å². The smallest absolute Gasteiger partial charge is 0.276 e. The lowest BCUT2D eigenvalue weighted by molar-refractivity contribution is 0.197. The van der Waals surface area contributed by atoms with Crippen LogP contribution in [0.15, 0.2) is 83.8 Å². The second-order valence-electron chi connectivity index (χ2n) is 8.98. The SMILES string of the molecule is Cc1c(CN2CCc3c([nH]c4ccccc34)[C@@H]2c2ccccn2)c(=O)n(-c2ccccc2)n1C. The Bertz CT molecular complexity index is 1530.